The number of nitrogens with zero attached hydrogens (tertiary/aromatic N) is 3. The van der Waals surface area contributed by atoms with E-state index in [1.54, 1.807) is 56.3 Å². The van der Waals surface area contributed by atoms with Crippen molar-refractivity contribution in [1.29, 1.82) is 0 Å². The van der Waals surface area contributed by atoms with Gasteiger partial charge in [0.2, 0.25) is 17.7 Å². The van der Waals surface area contributed by atoms with Gasteiger partial charge in [-0.3, -0.25) is 33.9 Å². The van der Waals surface area contributed by atoms with Crippen molar-refractivity contribution in [3.05, 3.63) is 137 Å². The quantitative estimate of drug-likeness (QED) is 0.0154. The Morgan fingerprint density at radius 2 is 1.46 bits per heavy atom. The second-order valence-corrected chi connectivity index (χ2v) is 21.0. The first-order chi connectivity index (χ1) is 43.8. The molecule has 6 aromatic rings. The van der Waals surface area contributed by atoms with Crippen LogP contribution in [-0.4, -0.2) is 164 Å². The van der Waals surface area contributed by atoms with Gasteiger partial charge in [0.1, 0.15) is 42.7 Å². The number of aromatic amines is 1. The van der Waals surface area contributed by atoms with E-state index in [2.05, 4.69) is 41.9 Å². The molecule has 3 heterocycles. The van der Waals surface area contributed by atoms with E-state index in [0.717, 1.165) is 11.0 Å². The number of hydrogen-bond donors (Lipinski definition) is 9. The third-order valence-electron chi connectivity index (χ3n) is 13.6. The summed E-state index contributed by atoms with van der Waals surface area (Å²) < 4.78 is 62.4. The number of hydrogen-bond acceptors (Lipinski definition) is 17. The molecule has 10 N–H and O–H groups in total. The second kappa shape index (κ2) is 35.0. The van der Waals surface area contributed by atoms with Gasteiger partial charge in [0.25, 0.3) is 11.8 Å². The lowest BCUT2D eigenvalue weighted by Gasteiger charge is -2.25. The van der Waals surface area contributed by atoms with Crippen LogP contribution in [0.15, 0.2) is 103 Å². The molecular formula is C62H70ClF2N11O15. The Balaban J connectivity index is 0.821. The van der Waals surface area contributed by atoms with Gasteiger partial charge in [0, 0.05) is 47.3 Å². The van der Waals surface area contributed by atoms with Crippen molar-refractivity contribution in [3.8, 4) is 28.3 Å². The Labute approximate surface area is 526 Å². The lowest BCUT2D eigenvalue weighted by atomic mass is 10.0. The topological polar surface area (TPSA) is 355 Å². The number of pyridine rings is 1. The number of primary amides is 1. The predicted octanol–water partition coefficient (Wildman–Crippen LogP) is 6.23. The zero-order valence-electron chi connectivity index (χ0n) is 49.8. The van der Waals surface area contributed by atoms with E-state index >= 15 is 0 Å². The van der Waals surface area contributed by atoms with Crippen LogP contribution in [0, 0.1) is 17.6 Å². The first-order valence-corrected chi connectivity index (χ1v) is 29.3. The highest BCUT2D eigenvalue weighted by Gasteiger charge is 2.29. The number of nitrogens with one attached hydrogen (secondary N) is 7. The van der Waals surface area contributed by atoms with E-state index in [9.17, 15) is 52.2 Å². The Bertz CT molecular complexity index is 3540. The number of imide groups is 1. The molecule has 29 heteroatoms. The number of nitrogens with two attached hydrogens (primary N) is 1. The van der Waals surface area contributed by atoms with Crippen LogP contribution >= 0.6 is 11.6 Å². The van der Waals surface area contributed by atoms with Gasteiger partial charge in [-0.05, 0) is 85.0 Å². The number of benzene rings is 4. The van der Waals surface area contributed by atoms with Crippen LogP contribution in [-0.2, 0) is 60.8 Å². The molecule has 0 aliphatic carbocycles. The maximum Gasteiger partial charge on any atom is 0.407 e. The standard InChI is InChI=1S/C62H70ClF2N11O15/c1-37(2)55(75-51(77)18-22-86-25-27-88-29-30-89-28-26-87-24-21-76-52(78)16-17-53(76)79)59(81)72-49(7-4-19-67-61(66)84)58(80)71-42-12-8-38(9-13-42)36-91-62(85)68-20-23-90-43-32-41-31-39(11-15-47(41)69-34-43)56-57(40-10-14-46(64)45(63)33-40)74-50(73-56)35-70-48-6-3-5-44(54(48)65)60(82)83/h3,5-6,8-17,31-34,37,49,55,70H,4,7,18-30,35-36H2,1-2H3,(H,68,85)(H,71,80)(H,72,81)(H,73,74)(H,75,77)(H,82,83)(H3,66,67,84)/t49-,55-/m0/s1. The average molecular weight is 1280 g/mol. The smallest absolute Gasteiger partial charge is 0.407 e. The van der Waals surface area contributed by atoms with Gasteiger partial charge in [-0.15, -0.1) is 0 Å². The van der Waals surface area contributed by atoms with Crippen LogP contribution in [0.1, 0.15) is 54.9 Å². The molecule has 1 aliphatic rings. The third-order valence-corrected chi connectivity index (χ3v) is 13.9. The van der Waals surface area contributed by atoms with Crippen LogP contribution in [0.2, 0.25) is 5.02 Å². The van der Waals surface area contributed by atoms with E-state index in [-0.39, 0.29) is 127 Å². The molecule has 2 atom stereocenters. The summed E-state index contributed by atoms with van der Waals surface area (Å²) in [7, 11) is 0. The summed E-state index contributed by atoms with van der Waals surface area (Å²) in [6.07, 6.45) is 3.53. The van der Waals surface area contributed by atoms with Crippen molar-refractivity contribution in [2.75, 3.05) is 89.7 Å². The molecular weight excluding hydrogens is 1210 g/mol. The molecule has 0 saturated carbocycles. The van der Waals surface area contributed by atoms with Gasteiger partial charge in [-0.25, -0.2) is 28.1 Å². The Morgan fingerprint density at radius 3 is 2.14 bits per heavy atom. The monoisotopic (exact) mass is 1280 g/mol. The number of carboxylic acids is 1. The molecule has 26 nitrogen and oxygen atoms in total. The highest BCUT2D eigenvalue weighted by molar-refractivity contribution is 6.31. The van der Waals surface area contributed by atoms with Crippen LogP contribution in [0.25, 0.3) is 33.4 Å². The Kier molecular flexibility index (Phi) is 26.5. The van der Waals surface area contributed by atoms with Gasteiger partial charge in [0.15, 0.2) is 5.82 Å². The molecule has 2 aromatic heterocycles. The Morgan fingerprint density at radius 1 is 0.769 bits per heavy atom. The molecule has 0 unspecified atom stereocenters. The maximum absolute atomic E-state index is 15.0. The van der Waals surface area contributed by atoms with Crippen molar-refractivity contribution >= 4 is 81.5 Å². The Hall–Kier alpha value is -9.61. The van der Waals surface area contributed by atoms with Crippen LogP contribution in [0.5, 0.6) is 5.75 Å². The third kappa shape index (κ3) is 21.6. The van der Waals surface area contributed by atoms with Gasteiger partial charge in [-0.1, -0.05) is 49.7 Å². The maximum atomic E-state index is 15.0. The number of rotatable bonds is 37. The number of H-pyrrole nitrogens is 1. The molecule has 0 fully saturated rings. The molecule has 0 bridgehead atoms. The number of carbonyl (C=O) groups is 8. The number of amides is 8. The largest absolute Gasteiger partial charge is 0.490 e. The minimum atomic E-state index is -1.42. The summed E-state index contributed by atoms with van der Waals surface area (Å²) in [6.45, 7) is 5.56. The fraction of sp³-hybridized carbons (Fsp3) is 0.355. The number of alkyl carbamates (subject to hydrolysis) is 1. The summed E-state index contributed by atoms with van der Waals surface area (Å²) in [5, 5.41) is 26.1. The first-order valence-electron chi connectivity index (χ1n) is 28.9. The fourth-order valence-electron chi connectivity index (χ4n) is 8.92. The van der Waals surface area contributed by atoms with Crippen molar-refractivity contribution in [3.63, 3.8) is 0 Å². The van der Waals surface area contributed by atoms with E-state index in [1.807, 2.05) is 6.07 Å². The first kappa shape index (κ1) is 68.9. The number of imidazole rings is 1. The second-order valence-electron chi connectivity index (χ2n) is 20.6. The van der Waals surface area contributed by atoms with Gasteiger partial charge in [-0.2, -0.15) is 0 Å². The lowest BCUT2D eigenvalue weighted by molar-refractivity contribution is -0.137. The fourth-order valence-corrected chi connectivity index (χ4v) is 9.10. The summed E-state index contributed by atoms with van der Waals surface area (Å²) in [5.41, 5.74) is 8.30. The van der Waals surface area contributed by atoms with Crippen molar-refractivity contribution in [2.24, 2.45) is 11.7 Å². The number of halogens is 3. The summed E-state index contributed by atoms with van der Waals surface area (Å²) in [4.78, 5) is 112. The van der Waals surface area contributed by atoms with Crippen LogP contribution in [0.3, 0.4) is 0 Å². The molecule has 0 spiro atoms. The highest BCUT2D eigenvalue weighted by atomic mass is 35.5. The number of ether oxygens (including phenoxy) is 6. The number of anilines is 2. The summed E-state index contributed by atoms with van der Waals surface area (Å²) >= 11 is 6.17. The van der Waals surface area contributed by atoms with Gasteiger partial charge >= 0.3 is 18.1 Å². The normalized spacial score (nSPS) is 12.6. The minimum absolute atomic E-state index is 0.0382. The van der Waals surface area contributed by atoms with Crippen molar-refractivity contribution in [2.45, 2.75) is 58.3 Å². The average Bonchev–Trinajstić information content (AvgIpc) is 1.79. The number of carbonyl (C=O) groups excluding carboxylic acids is 7. The summed E-state index contributed by atoms with van der Waals surface area (Å²) in [5.74, 6) is -4.98. The number of aromatic nitrogens is 3. The molecule has 7 rings (SSSR count). The van der Waals surface area contributed by atoms with Crippen LogP contribution < -0.4 is 42.4 Å². The zero-order chi connectivity index (χ0) is 65.2. The predicted molar refractivity (Wildman–Crippen MR) is 328 cm³/mol. The SMILES string of the molecule is CC(C)[C@H](NC(=O)CCOCCOCCOCCOCCN1C(=O)C=CC1=O)C(=O)N[C@@H](CCCNC(N)=O)C(=O)Nc1ccc(COC(=O)NCCOc2cnc3ccc(-c4[nH]c(CNc5cccc(C(=O)O)c5F)nc4-c4ccc(F)c(Cl)c4)cc3c2)cc1. The van der Waals surface area contributed by atoms with E-state index in [1.165, 1.54) is 48.7 Å². The van der Waals surface area contributed by atoms with E-state index in [0.29, 0.717) is 69.5 Å². The molecule has 484 valence electrons. The number of aromatic carboxylic acids is 1. The zero-order valence-corrected chi connectivity index (χ0v) is 50.5. The van der Waals surface area contributed by atoms with Gasteiger partial charge < -0.3 is 76.1 Å². The number of carboxylic acid groups (broad SMARTS) is 1. The molecule has 0 saturated heterocycles. The van der Waals surface area contributed by atoms with Crippen LogP contribution in [0.4, 0.5) is 29.7 Å². The molecule has 4 aromatic carbocycles. The highest BCUT2D eigenvalue weighted by Crippen LogP contribution is 2.35. The van der Waals surface area contributed by atoms with Crippen molar-refractivity contribution < 1.29 is 80.7 Å². The minimum Gasteiger partial charge on any atom is -0.490 e. The van der Waals surface area contributed by atoms with Gasteiger partial charge in [0.05, 0.1) is 112 Å². The molecule has 8 amide bonds. The van der Waals surface area contributed by atoms with E-state index in [4.69, 9.17) is 50.7 Å². The summed E-state index contributed by atoms with van der Waals surface area (Å²) in [6, 6.07) is 18.9. The van der Waals surface area contributed by atoms with E-state index < -0.39 is 65.1 Å². The molecule has 0 radical (unpaired) electrons. The number of fused-ring (bicyclic) bond motifs is 1. The van der Waals surface area contributed by atoms with Crippen molar-refractivity contribution in [1.82, 2.24) is 41.1 Å². The molecule has 1 aliphatic heterocycles. The molecule has 91 heavy (non-hydrogen) atoms. The lowest BCUT2D eigenvalue weighted by Crippen LogP contribution is -2.54. The number of urea groups is 1.